The van der Waals surface area contributed by atoms with Crippen molar-refractivity contribution in [2.45, 2.75) is 51.1 Å². The first-order chi connectivity index (χ1) is 9.24. The summed E-state index contributed by atoms with van der Waals surface area (Å²) in [5, 5.41) is 6.40. The molecule has 1 aromatic rings. The van der Waals surface area contributed by atoms with Crippen molar-refractivity contribution in [3.63, 3.8) is 0 Å². The van der Waals surface area contributed by atoms with Crippen LogP contribution in [0.5, 0.6) is 0 Å². The third-order valence-corrected chi connectivity index (χ3v) is 3.89. The van der Waals surface area contributed by atoms with Gasteiger partial charge in [-0.05, 0) is 24.8 Å². The molecule has 0 radical (unpaired) electrons. The van der Waals surface area contributed by atoms with Crippen LogP contribution in [0, 0.1) is 0 Å². The monoisotopic (exact) mass is 260 g/mol. The second-order valence-corrected chi connectivity index (χ2v) is 5.32. The van der Waals surface area contributed by atoms with Gasteiger partial charge in [-0.1, -0.05) is 44.2 Å². The van der Waals surface area contributed by atoms with E-state index in [2.05, 4.69) is 48.7 Å². The highest BCUT2D eigenvalue weighted by Gasteiger charge is 2.37. The Morgan fingerprint density at radius 2 is 1.95 bits per heavy atom. The van der Waals surface area contributed by atoms with Gasteiger partial charge in [0.1, 0.15) is 0 Å². The summed E-state index contributed by atoms with van der Waals surface area (Å²) in [5.74, 6) is 0.703. The van der Waals surface area contributed by atoms with Crippen molar-refractivity contribution in [3.8, 4) is 0 Å². The second-order valence-electron chi connectivity index (χ2n) is 5.32. The van der Waals surface area contributed by atoms with E-state index in [1.165, 1.54) is 5.56 Å². The Balaban J connectivity index is 1.69. The maximum atomic E-state index is 11.8. The SMILES string of the molecule is CCC(CC)NC(=O)CNC1CC1c1ccccc1. The molecule has 1 fully saturated rings. The molecule has 0 aromatic heterocycles. The Kier molecular flexibility index (Phi) is 4.97. The van der Waals surface area contributed by atoms with E-state index >= 15 is 0 Å². The molecule has 19 heavy (non-hydrogen) atoms. The van der Waals surface area contributed by atoms with Crippen molar-refractivity contribution in [2.24, 2.45) is 0 Å². The fourth-order valence-corrected chi connectivity index (χ4v) is 2.48. The first-order valence-corrected chi connectivity index (χ1v) is 7.32. The molecule has 1 amide bonds. The van der Waals surface area contributed by atoms with Gasteiger partial charge < -0.3 is 10.6 Å². The van der Waals surface area contributed by atoms with Crippen molar-refractivity contribution in [1.82, 2.24) is 10.6 Å². The average Bonchev–Trinajstić information content (AvgIpc) is 3.23. The zero-order valence-corrected chi connectivity index (χ0v) is 11.9. The van der Waals surface area contributed by atoms with E-state index in [4.69, 9.17) is 0 Å². The Hall–Kier alpha value is -1.35. The van der Waals surface area contributed by atoms with Gasteiger partial charge in [0.25, 0.3) is 0 Å². The van der Waals surface area contributed by atoms with E-state index in [1.54, 1.807) is 0 Å². The highest BCUT2D eigenvalue weighted by atomic mass is 16.1. The maximum absolute atomic E-state index is 11.8. The number of amides is 1. The Labute approximate surface area is 115 Å². The molecule has 0 heterocycles. The summed E-state index contributed by atoms with van der Waals surface area (Å²) in [4.78, 5) is 11.8. The van der Waals surface area contributed by atoms with Gasteiger partial charge in [-0.3, -0.25) is 4.79 Å². The quantitative estimate of drug-likeness (QED) is 0.790. The number of carbonyl (C=O) groups excluding carboxylic acids is 1. The van der Waals surface area contributed by atoms with Crippen LogP contribution in [-0.4, -0.2) is 24.5 Å². The van der Waals surface area contributed by atoms with Crippen LogP contribution in [0.15, 0.2) is 30.3 Å². The third kappa shape index (κ3) is 4.06. The zero-order valence-electron chi connectivity index (χ0n) is 11.9. The molecule has 2 atom stereocenters. The lowest BCUT2D eigenvalue weighted by molar-refractivity contribution is -0.121. The molecule has 0 spiro atoms. The normalized spacial score (nSPS) is 21.4. The number of rotatable bonds is 7. The van der Waals surface area contributed by atoms with Crippen molar-refractivity contribution >= 4 is 5.91 Å². The number of hydrogen-bond donors (Lipinski definition) is 2. The van der Waals surface area contributed by atoms with Crippen LogP contribution >= 0.6 is 0 Å². The van der Waals surface area contributed by atoms with Crippen LogP contribution in [0.25, 0.3) is 0 Å². The lowest BCUT2D eigenvalue weighted by atomic mass is 10.1. The van der Waals surface area contributed by atoms with Crippen molar-refractivity contribution in [3.05, 3.63) is 35.9 Å². The van der Waals surface area contributed by atoms with E-state index in [0.717, 1.165) is 19.3 Å². The first kappa shape index (κ1) is 14.1. The molecule has 0 aliphatic heterocycles. The minimum Gasteiger partial charge on any atom is -0.352 e. The molecule has 2 unspecified atom stereocenters. The van der Waals surface area contributed by atoms with Crippen LogP contribution in [0.1, 0.15) is 44.6 Å². The lowest BCUT2D eigenvalue weighted by Gasteiger charge is -2.14. The molecule has 0 bridgehead atoms. The molecule has 1 aliphatic rings. The minimum absolute atomic E-state index is 0.118. The summed E-state index contributed by atoms with van der Waals surface area (Å²) >= 11 is 0. The molecule has 104 valence electrons. The zero-order chi connectivity index (χ0) is 13.7. The number of nitrogens with one attached hydrogen (secondary N) is 2. The van der Waals surface area contributed by atoms with Crippen LogP contribution in [-0.2, 0) is 4.79 Å². The van der Waals surface area contributed by atoms with Crippen LogP contribution in [0.2, 0.25) is 0 Å². The lowest BCUT2D eigenvalue weighted by Crippen LogP contribution is -2.40. The molecular weight excluding hydrogens is 236 g/mol. The van der Waals surface area contributed by atoms with Gasteiger partial charge in [0, 0.05) is 18.0 Å². The molecule has 1 saturated carbocycles. The van der Waals surface area contributed by atoms with Gasteiger partial charge in [-0.15, -0.1) is 0 Å². The van der Waals surface area contributed by atoms with E-state index < -0.39 is 0 Å². The summed E-state index contributed by atoms with van der Waals surface area (Å²) in [6.45, 7) is 4.65. The fourth-order valence-electron chi connectivity index (χ4n) is 2.48. The van der Waals surface area contributed by atoms with E-state index in [0.29, 0.717) is 24.5 Å². The number of hydrogen-bond acceptors (Lipinski definition) is 2. The molecular formula is C16H24N2O. The highest BCUT2D eigenvalue weighted by molar-refractivity contribution is 5.78. The minimum atomic E-state index is 0.118. The summed E-state index contributed by atoms with van der Waals surface area (Å²) in [5.41, 5.74) is 1.38. The largest absolute Gasteiger partial charge is 0.352 e. The van der Waals surface area contributed by atoms with E-state index in [1.807, 2.05) is 6.07 Å². The van der Waals surface area contributed by atoms with Gasteiger partial charge in [-0.25, -0.2) is 0 Å². The molecule has 1 aliphatic carbocycles. The van der Waals surface area contributed by atoms with Crippen LogP contribution in [0.4, 0.5) is 0 Å². The van der Waals surface area contributed by atoms with Gasteiger partial charge in [0.15, 0.2) is 0 Å². The standard InChI is InChI=1S/C16H24N2O/c1-3-13(4-2)18-16(19)11-17-15-10-14(15)12-8-6-5-7-9-12/h5-9,13-15,17H,3-4,10-11H2,1-2H3,(H,18,19). The summed E-state index contributed by atoms with van der Waals surface area (Å²) in [6, 6.07) is 11.3. The summed E-state index contributed by atoms with van der Waals surface area (Å²) in [6.07, 6.45) is 3.14. The van der Waals surface area contributed by atoms with Crippen molar-refractivity contribution < 1.29 is 4.79 Å². The van der Waals surface area contributed by atoms with Gasteiger partial charge in [-0.2, -0.15) is 0 Å². The van der Waals surface area contributed by atoms with Crippen LogP contribution in [0.3, 0.4) is 0 Å². The Morgan fingerprint density at radius 1 is 1.26 bits per heavy atom. The third-order valence-electron chi connectivity index (χ3n) is 3.89. The summed E-state index contributed by atoms with van der Waals surface area (Å²) < 4.78 is 0. The summed E-state index contributed by atoms with van der Waals surface area (Å²) in [7, 11) is 0. The highest BCUT2D eigenvalue weighted by Crippen LogP contribution is 2.40. The predicted molar refractivity (Wildman–Crippen MR) is 78.1 cm³/mol. The predicted octanol–water partition coefficient (Wildman–Crippen LogP) is 2.44. The smallest absolute Gasteiger partial charge is 0.234 e. The van der Waals surface area contributed by atoms with Gasteiger partial charge in [0.05, 0.1) is 6.54 Å². The second kappa shape index (κ2) is 6.71. The topological polar surface area (TPSA) is 41.1 Å². The maximum Gasteiger partial charge on any atom is 0.234 e. The molecule has 1 aromatic carbocycles. The average molecular weight is 260 g/mol. The Bertz CT molecular complexity index is 400. The van der Waals surface area contributed by atoms with E-state index in [9.17, 15) is 4.79 Å². The molecule has 2 rings (SSSR count). The fraction of sp³-hybridized carbons (Fsp3) is 0.562. The number of benzene rings is 1. The van der Waals surface area contributed by atoms with Gasteiger partial charge in [0.2, 0.25) is 5.91 Å². The van der Waals surface area contributed by atoms with Crippen molar-refractivity contribution in [1.29, 1.82) is 0 Å². The van der Waals surface area contributed by atoms with Gasteiger partial charge >= 0.3 is 0 Å². The van der Waals surface area contributed by atoms with E-state index in [-0.39, 0.29) is 5.91 Å². The number of carbonyl (C=O) groups is 1. The van der Waals surface area contributed by atoms with Crippen LogP contribution < -0.4 is 10.6 Å². The van der Waals surface area contributed by atoms with Crippen molar-refractivity contribution in [2.75, 3.05) is 6.54 Å². The molecule has 3 heteroatoms. The molecule has 2 N–H and O–H groups in total. The molecule has 0 saturated heterocycles. The Morgan fingerprint density at radius 3 is 2.58 bits per heavy atom. The molecule has 3 nitrogen and oxygen atoms in total. The first-order valence-electron chi connectivity index (χ1n) is 7.32.